The van der Waals surface area contributed by atoms with Crippen molar-refractivity contribution < 1.29 is 19.7 Å². The van der Waals surface area contributed by atoms with Gasteiger partial charge in [-0.05, 0) is 55.2 Å². The summed E-state index contributed by atoms with van der Waals surface area (Å²) in [5, 5.41) is 23.5. The minimum atomic E-state index is -0.0299. The number of aromatic hydroxyl groups is 2. The van der Waals surface area contributed by atoms with Crippen LogP contribution in [0.2, 0.25) is 0 Å². The topological polar surface area (TPSA) is 71.0 Å². The highest BCUT2D eigenvalue weighted by molar-refractivity contribution is 5.52. The van der Waals surface area contributed by atoms with Crippen LogP contribution in [0.25, 0.3) is 0 Å². The first-order valence-electron chi connectivity index (χ1n) is 7.88. The Labute approximate surface area is 136 Å². The van der Waals surface area contributed by atoms with Crippen molar-refractivity contribution in [3.8, 4) is 17.2 Å². The number of benzene rings is 1. The minimum absolute atomic E-state index is 0.0299. The smallest absolute Gasteiger partial charge is 0.202 e. The van der Waals surface area contributed by atoms with Crippen LogP contribution >= 0.6 is 0 Å². The predicted molar refractivity (Wildman–Crippen MR) is 87.8 cm³/mol. The minimum Gasteiger partial charge on any atom is -0.504 e. The van der Waals surface area contributed by atoms with Crippen LogP contribution in [0.1, 0.15) is 24.8 Å². The van der Waals surface area contributed by atoms with Crippen molar-refractivity contribution in [2.45, 2.75) is 31.7 Å². The molecule has 23 heavy (non-hydrogen) atoms. The van der Waals surface area contributed by atoms with Gasteiger partial charge in [0.1, 0.15) is 0 Å². The van der Waals surface area contributed by atoms with Gasteiger partial charge in [-0.15, -0.1) is 0 Å². The Balaban J connectivity index is 1.80. The van der Waals surface area contributed by atoms with Crippen LogP contribution in [-0.4, -0.2) is 37.0 Å². The molecule has 124 valence electrons. The Morgan fingerprint density at radius 3 is 2.57 bits per heavy atom. The molecule has 0 amide bonds. The van der Waals surface area contributed by atoms with E-state index in [1.807, 2.05) is 0 Å². The Hall–Kier alpha value is -2.14. The molecular weight excluding hydrogens is 294 g/mol. The molecule has 1 heterocycles. The summed E-state index contributed by atoms with van der Waals surface area (Å²) >= 11 is 0. The maximum atomic E-state index is 9.96. The first kappa shape index (κ1) is 15.7. The lowest BCUT2D eigenvalue weighted by Crippen LogP contribution is -2.39. The number of allylic oxidation sites excluding steroid dienone is 2. The molecule has 0 bridgehead atoms. The van der Waals surface area contributed by atoms with E-state index in [0.29, 0.717) is 0 Å². The second-order valence-electron chi connectivity index (χ2n) is 6.01. The van der Waals surface area contributed by atoms with Gasteiger partial charge in [-0.3, -0.25) is 0 Å². The van der Waals surface area contributed by atoms with E-state index >= 15 is 0 Å². The van der Waals surface area contributed by atoms with Crippen molar-refractivity contribution in [1.82, 2.24) is 5.32 Å². The van der Waals surface area contributed by atoms with E-state index in [9.17, 15) is 10.2 Å². The SMILES string of the molecule is COC1=CCC2=C(CCNC2Cc2cc(O)c(OC)c(O)c2)C1. The maximum Gasteiger partial charge on any atom is 0.202 e. The van der Waals surface area contributed by atoms with E-state index in [1.54, 1.807) is 19.2 Å². The molecule has 0 saturated carbocycles. The van der Waals surface area contributed by atoms with Gasteiger partial charge < -0.3 is 25.0 Å². The predicted octanol–water partition coefficient (Wildman–Crippen LogP) is 2.63. The maximum absolute atomic E-state index is 9.96. The summed E-state index contributed by atoms with van der Waals surface area (Å²) in [5.41, 5.74) is 3.75. The van der Waals surface area contributed by atoms with Crippen molar-refractivity contribution in [2.24, 2.45) is 0 Å². The van der Waals surface area contributed by atoms with Gasteiger partial charge in [-0.2, -0.15) is 0 Å². The lowest BCUT2D eigenvalue weighted by atomic mass is 9.83. The average Bonchev–Trinajstić information content (AvgIpc) is 2.54. The number of methoxy groups -OCH3 is 2. The standard InChI is InChI=1S/C18H23NO4/c1-22-13-3-4-14-12(10-13)5-6-19-15(14)7-11-8-16(20)18(23-2)17(21)9-11/h3,8-9,15,19-21H,4-7,10H2,1-2H3. The number of rotatable bonds is 4. The van der Waals surface area contributed by atoms with Crippen LogP contribution in [0.5, 0.6) is 17.2 Å². The summed E-state index contributed by atoms with van der Waals surface area (Å²) in [5.74, 6) is 1.11. The van der Waals surface area contributed by atoms with Gasteiger partial charge in [0, 0.05) is 12.5 Å². The summed E-state index contributed by atoms with van der Waals surface area (Å²) in [4.78, 5) is 0. The first-order valence-corrected chi connectivity index (χ1v) is 7.88. The van der Waals surface area contributed by atoms with Gasteiger partial charge in [0.05, 0.1) is 20.0 Å². The van der Waals surface area contributed by atoms with Crippen LogP contribution < -0.4 is 10.1 Å². The van der Waals surface area contributed by atoms with Gasteiger partial charge in [-0.1, -0.05) is 5.57 Å². The van der Waals surface area contributed by atoms with E-state index in [0.717, 1.165) is 43.6 Å². The molecule has 0 saturated heterocycles. The van der Waals surface area contributed by atoms with Crippen molar-refractivity contribution in [3.63, 3.8) is 0 Å². The molecule has 1 aromatic carbocycles. The molecule has 2 aliphatic rings. The lowest BCUT2D eigenvalue weighted by molar-refractivity contribution is 0.276. The van der Waals surface area contributed by atoms with E-state index in [4.69, 9.17) is 9.47 Å². The van der Waals surface area contributed by atoms with Crippen LogP contribution in [0.4, 0.5) is 0 Å². The quantitative estimate of drug-likeness (QED) is 0.745. The Bertz CT molecular complexity index is 640. The normalized spacial score (nSPS) is 20.8. The van der Waals surface area contributed by atoms with E-state index in [1.165, 1.54) is 18.3 Å². The fourth-order valence-corrected chi connectivity index (χ4v) is 3.49. The molecule has 0 spiro atoms. The summed E-state index contributed by atoms with van der Waals surface area (Å²) in [7, 11) is 3.15. The highest BCUT2D eigenvalue weighted by Crippen LogP contribution is 2.38. The zero-order valence-electron chi connectivity index (χ0n) is 13.6. The molecule has 1 unspecified atom stereocenters. The van der Waals surface area contributed by atoms with Gasteiger partial charge in [0.25, 0.3) is 0 Å². The molecule has 1 atom stereocenters. The fraction of sp³-hybridized carbons (Fsp3) is 0.444. The molecule has 5 nitrogen and oxygen atoms in total. The Kier molecular flexibility index (Phi) is 4.48. The third-order valence-electron chi connectivity index (χ3n) is 4.65. The lowest BCUT2D eigenvalue weighted by Gasteiger charge is -2.32. The first-order chi connectivity index (χ1) is 11.1. The second-order valence-corrected chi connectivity index (χ2v) is 6.01. The molecule has 5 heteroatoms. The summed E-state index contributed by atoms with van der Waals surface area (Å²) in [6, 6.07) is 3.54. The van der Waals surface area contributed by atoms with Gasteiger partial charge in [0.2, 0.25) is 5.75 Å². The molecular formula is C18H23NO4. The summed E-state index contributed by atoms with van der Waals surface area (Å²) in [6.45, 7) is 0.939. The monoisotopic (exact) mass is 317 g/mol. The largest absolute Gasteiger partial charge is 0.504 e. The van der Waals surface area contributed by atoms with E-state index < -0.39 is 0 Å². The molecule has 0 aromatic heterocycles. The Morgan fingerprint density at radius 1 is 1.17 bits per heavy atom. The third-order valence-corrected chi connectivity index (χ3v) is 4.65. The van der Waals surface area contributed by atoms with Crippen molar-refractivity contribution in [3.05, 3.63) is 40.7 Å². The average molecular weight is 317 g/mol. The number of nitrogens with one attached hydrogen (secondary N) is 1. The second kappa shape index (κ2) is 6.54. The molecule has 1 aromatic rings. The molecule has 3 N–H and O–H groups in total. The van der Waals surface area contributed by atoms with Crippen molar-refractivity contribution in [2.75, 3.05) is 20.8 Å². The van der Waals surface area contributed by atoms with Crippen LogP contribution in [0.3, 0.4) is 0 Å². The molecule has 1 aliphatic carbocycles. The van der Waals surface area contributed by atoms with Crippen molar-refractivity contribution in [1.29, 1.82) is 0 Å². The number of hydrogen-bond acceptors (Lipinski definition) is 5. The van der Waals surface area contributed by atoms with Crippen LogP contribution in [-0.2, 0) is 11.2 Å². The van der Waals surface area contributed by atoms with E-state index in [2.05, 4.69) is 11.4 Å². The summed E-state index contributed by atoms with van der Waals surface area (Å²) in [6.07, 6.45) is 5.70. The molecule has 1 aliphatic heterocycles. The zero-order valence-corrected chi connectivity index (χ0v) is 13.6. The number of phenolic OH excluding ortho intramolecular Hbond substituents is 2. The Morgan fingerprint density at radius 2 is 1.91 bits per heavy atom. The van der Waals surface area contributed by atoms with Crippen LogP contribution in [0, 0.1) is 0 Å². The van der Waals surface area contributed by atoms with Gasteiger partial charge in [-0.25, -0.2) is 0 Å². The number of ether oxygens (including phenoxy) is 2. The molecule has 0 fully saturated rings. The van der Waals surface area contributed by atoms with Crippen LogP contribution in [0.15, 0.2) is 35.1 Å². The fourth-order valence-electron chi connectivity index (χ4n) is 3.49. The molecule has 0 radical (unpaired) electrons. The van der Waals surface area contributed by atoms with Gasteiger partial charge in [0.15, 0.2) is 11.5 Å². The highest BCUT2D eigenvalue weighted by Gasteiger charge is 2.26. The van der Waals surface area contributed by atoms with E-state index in [-0.39, 0.29) is 23.3 Å². The summed E-state index contributed by atoms with van der Waals surface area (Å²) < 4.78 is 10.4. The van der Waals surface area contributed by atoms with Gasteiger partial charge >= 0.3 is 0 Å². The van der Waals surface area contributed by atoms with Crippen molar-refractivity contribution >= 4 is 0 Å². The third kappa shape index (κ3) is 3.15. The number of hydrogen-bond donors (Lipinski definition) is 3. The number of phenols is 2. The molecule has 3 rings (SSSR count). The zero-order chi connectivity index (χ0) is 16.4. The highest BCUT2D eigenvalue weighted by atomic mass is 16.5.